The summed E-state index contributed by atoms with van der Waals surface area (Å²) in [6, 6.07) is 5.97. The van der Waals surface area contributed by atoms with Crippen molar-refractivity contribution in [2.75, 3.05) is 4.90 Å². The molecule has 0 spiro atoms. The monoisotopic (exact) mass is 433 g/mol. The molecule has 1 aliphatic carbocycles. The van der Waals surface area contributed by atoms with E-state index in [2.05, 4.69) is 54.2 Å². The number of carbonyl (C=O) groups is 1. The van der Waals surface area contributed by atoms with E-state index in [-0.39, 0.29) is 11.8 Å². The van der Waals surface area contributed by atoms with E-state index in [1.807, 2.05) is 48.6 Å². The average Bonchev–Trinajstić information content (AvgIpc) is 2.83. The Bertz CT molecular complexity index is 984. The smallest absolute Gasteiger partial charge is 0.239 e. The standard InChI is InChI=1S/C25H24BrNO/c1-4-7-11-18(10-5-2)19-12-8-13-20(17-16-19)27-23-15-9-14-22(26)24(23)21(6-3)25(27)28/h5,7-12,14-17,21H,2,4,6H2,1,3H3/b11-7-,18-10+. The zero-order valence-corrected chi connectivity index (χ0v) is 17.9. The molecular weight excluding hydrogens is 410 g/mol. The molecule has 1 amide bonds. The minimum Gasteiger partial charge on any atom is -0.273 e. The van der Waals surface area contributed by atoms with Gasteiger partial charge in [0.2, 0.25) is 5.91 Å². The number of nitrogens with zero attached hydrogens (tertiary/aromatic N) is 1. The van der Waals surface area contributed by atoms with Gasteiger partial charge in [0.1, 0.15) is 0 Å². The van der Waals surface area contributed by atoms with Crippen LogP contribution in [0.2, 0.25) is 0 Å². The van der Waals surface area contributed by atoms with E-state index >= 15 is 0 Å². The van der Waals surface area contributed by atoms with Crippen molar-refractivity contribution in [2.45, 2.75) is 32.6 Å². The highest BCUT2D eigenvalue weighted by molar-refractivity contribution is 9.10. The molecule has 28 heavy (non-hydrogen) atoms. The predicted molar refractivity (Wildman–Crippen MR) is 121 cm³/mol. The summed E-state index contributed by atoms with van der Waals surface area (Å²) >= 11 is 3.62. The Hall–Kier alpha value is -2.61. The van der Waals surface area contributed by atoms with Gasteiger partial charge in [-0.05, 0) is 54.3 Å². The van der Waals surface area contributed by atoms with Gasteiger partial charge in [0.25, 0.3) is 0 Å². The topological polar surface area (TPSA) is 20.3 Å². The van der Waals surface area contributed by atoms with Gasteiger partial charge in [-0.25, -0.2) is 0 Å². The van der Waals surface area contributed by atoms with E-state index in [1.165, 1.54) is 0 Å². The van der Waals surface area contributed by atoms with E-state index in [1.54, 1.807) is 11.0 Å². The van der Waals surface area contributed by atoms with Crippen LogP contribution < -0.4 is 4.90 Å². The third-order valence-corrected chi connectivity index (χ3v) is 5.56. The second-order valence-electron chi connectivity index (χ2n) is 6.63. The summed E-state index contributed by atoms with van der Waals surface area (Å²) in [5, 5.41) is 0. The van der Waals surface area contributed by atoms with Crippen molar-refractivity contribution in [3.8, 4) is 0 Å². The lowest BCUT2D eigenvalue weighted by Crippen LogP contribution is -2.26. The van der Waals surface area contributed by atoms with Gasteiger partial charge in [-0.15, -0.1) is 0 Å². The van der Waals surface area contributed by atoms with Crippen LogP contribution in [0.5, 0.6) is 0 Å². The first kappa shape index (κ1) is 20.1. The van der Waals surface area contributed by atoms with Crippen molar-refractivity contribution in [3.63, 3.8) is 0 Å². The summed E-state index contributed by atoms with van der Waals surface area (Å²) in [7, 11) is 0. The van der Waals surface area contributed by atoms with Crippen molar-refractivity contribution in [1.29, 1.82) is 0 Å². The molecule has 2 nitrogen and oxygen atoms in total. The van der Waals surface area contributed by atoms with Crippen LogP contribution in [0.3, 0.4) is 0 Å². The number of benzene rings is 1. The highest BCUT2D eigenvalue weighted by atomic mass is 79.9. The van der Waals surface area contributed by atoms with Crippen LogP contribution in [-0.4, -0.2) is 5.91 Å². The molecule has 0 saturated carbocycles. The SMILES string of the molecule is C=C/C=C(\C=C/CC)C1=CC=C=C(N2C(=O)C(CC)c3c(Br)cccc32)C=C1. The number of anilines is 1. The third-order valence-electron chi connectivity index (χ3n) is 4.87. The van der Waals surface area contributed by atoms with Crippen LogP contribution in [0.15, 0.2) is 100 Å². The average molecular weight is 434 g/mol. The molecule has 0 bridgehead atoms. The summed E-state index contributed by atoms with van der Waals surface area (Å²) in [6.07, 6.45) is 17.6. The van der Waals surface area contributed by atoms with Gasteiger partial charge >= 0.3 is 0 Å². The first-order chi connectivity index (χ1) is 13.6. The van der Waals surface area contributed by atoms with Gasteiger partial charge in [-0.1, -0.05) is 78.5 Å². The lowest BCUT2D eigenvalue weighted by molar-refractivity contribution is -0.118. The Kier molecular flexibility index (Phi) is 6.51. The molecule has 1 aromatic carbocycles. The number of hydrogen-bond acceptors (Lipinski definition) is 1. The van der Waals surface area contributed by atoms with Crippen molar-refractivity contribution in [1.82, 2.24) is 0 Å². The molecule has 0 radical (unpaired) electrons. The van der Waals surface area contributed by atoms with E-state index in [0.29, 0.717) is 0 Å². The minimum atomic E-state index is -0.132. The highest BCUT2D eigenvalue weighted by Crippen LogP contribution is 2.45. The molecule has 0 aromatic heterocycles. The van der Waals surface area contributed by atoms with E-state index in [0.717, 1.165) is 45.4 Å². The molecule has 3 rings (SSSR count). The molecule has 0 N–H and O–H groups in total. The van der Waals surface area contributed by atoms with Crippen molar-refractivity contribution >= 4 is 27.5 Å². The molecule has 1 aromatic rings. The van der Waals surface area contributed by atoms with Gasteiger partial charge in [0.15, 0.2) is 0 Å². The highest BCUT2D eigenvalue weighted by Gasteiger charge is 2.38. The van der Waals surface area contributed by atoms with Crippen LogP contribution >= 0.6 is 15.9 Å². The molecule has 142 valence electrons. The Morgan fingerprint density at radius 3 is 2.86 bits per heavy atom. The maximum absolute atomic E-state index is 13.2. The lowest BCUT2D eigenvalue weighted by Gasteiger charge is -2.17. The van der Waals surface area contributed by atoms with Crippen LogP contribution in [0.1, 0.15) is 38.2 Å². The first-order valence-electron chi connectivity index (χ1n) is 9.59. The number of carbonyl (C=O) groups excluding carboxylic acids is 1. The van der Waals surface area contributed by atoms with Gasteiger partial charge in [0.05, 0.1) is 17.3 Å². The van der Waals surface area contributed by atoms with E-state index in [4.69, 9.17) is 0 Å². The first-order valence-corrected chi connectivity index (χ1v) is 10.4. The molecule has 1 atom stereocenters. The van der Waals surface area contributed by atoms with Crippen LogP contribution in [0, 0.1) is 0 Å². The predicted octanol–water partition coefficient (Wildman–Crippen LogP) is 6.90. The number of halogens is 1. The Labute approximate surface area is 175 Å². The molecule has 0 fully saturated rings. The van der Waals surface area contributed by atoms with E-state index < -0.39 is 0 Å². The maximum Gasteiger partial charge on any atom is 0.239 e. The lowest BCUT2D eigenvalue weighted by atomic mass is 9.98. The number of fused-ring (bicyclic) bond motifs is 1. The summed E-state index contributed by atoms with van der Waals surface area (Å²) < 4.78 is 0.981. The quantitative estimate of drug-likeness (QED) is 0.352. The number of amides is 1. The van der Waals surface area contributed by atoms with Crippen LogP contribution in [0.4, 0.5) is 5.69 Å². The molecule has 3 heteroatoms. The number of hydrogen-bond donors (Lipinski definition) is 0. The summed E-state index contributed by atoms with van der Waals surface area (Å²) in [6.45, 7) is 7.97. The fraction of sp³-hybridized carbons (Fsp3) is 0.200. The number of rotatable bonds is 6. The largest absolute Gasteiger partial charge is 0.273 e. The van der Waals surface area contributed by atoms with Crippen molar-refractivity contribution in [2.24, 2.45) is 0 Å². The normalized spacial score (nSPS) is 19.0. The molecule has 1 aliphatic heterocycles. The van der Waals surface area contributed by atoms with Crippen LogP contribution in [-0.2, 0) is 4.79 Å². The maximum atomic E-state index is 13.2. The third kappa shape index (κ3) is 3.82. The molecular formula is C25H24BrNO. The zero-order valence-electron chi connectivity index (χ0n) is 16.3. The summed E-state index contributed by atoms with van der Waals surface area (Å²) in [5.74, 6) is -0.0335. The molecule has 2 aliphatic rings. The van der Waals surface area contributed by atoms with Crippen LogP contribution in [0.25, 0.3) is 0 Å². The number of allylic oxidation sites excluding steroid dienone is 9. The Morgan fingerprint density at radius 1 is 1.32 bits per heavy atom. The van der Waals surface area contributed by atoms with Gasteiger partial charge < -0.3 is 0 Å². The van der Waals surface area contributed by atoms with E-state index in [9.17, 15) is 4.79 Å². The summed E-state index contributed by atoms with van der Waals surface area (Å²) in [4.78, 5) is 14.9. The fourth-order valence-corrected chi connectivity index (χ4v) is 4.16. The molecule has 1 unspecified atom stereocenters. The van der Waals surface area contributed by atoms with Gasteiger partial charge in [-0.2, -0.15) is 0 Å². The zero-order chi connectivity index (χ0) is 20.1. The molecule has 1 heterocycles. The van der Waals surface area contributed by atoms with Crippen molar-refractivity contribution < 1.29 is 4.79 Å². The van der Waals surface area contributed by atoms with Gasteiger partial charge in [0, 0.05) is 10.0 Å². The van der Waals surface area contributed by atoms with Crippen molar-refractivity contribution in [3.05, 3.63) is 106 Å². The minimum absolute atomic E-state index is 0.0983. The second kappa shape index (κ2) is 9.05. The Morgan fingerprint density at radius 2 is 2.14 bits per heavy atom. The fourth-order valence-electron chi connectivity index (χ4n) is 3.53. The van der Waals surface area contributed by atoms with Gasteiger partial charge in [-0.3, -0.25) is 9.69 Å². The Balaban J connectivity index is 1.98. The second-order valence-corrected chi connectivity index (χ2v) is 7.48. The molecule has 0 saturated heterocycles. The summed E-state index contributed by atoms with van der Waals surface area (Å²) in [5.41, 5.74) is 8.17.